The highest BCUT2D eigenvalue weighted by atomic mass is 16.2. The first-order valence-corrected chi connectivity index (χ1v) is 16.7. The summed E-state index contributed by atoms with van der Waals surface area (Å²) >= 11 is 0. The van der Waals surface area contributed by atoms with Gasteiger partial charge in [0.15, 0.2) is 0 Å². The number of nitrogens with one attached hydrogen (secondary N) is 3. The Bertz CT molecular complexity index is 1630. The van der Waals surface area contributed by atoms with Crippen molar-refractivity contribution in [3.05, 3.63) is 91.0 Å². The number of anilines is 1. The van der Waals surface area contributed by atoms with E-state index in [0.717, 1.165) is 78.6 Å². The van der Waals surface area contributed by atoms with E-state index in [2.05, 4.69) is 105 Å². The van der Waals surface area contributed by atoms with Gasteiger partial charge in [0.2, 0.25) is 11.9 Å². The van der Waals surface area contributed by atoms with Crippen molar-refractivity contribution >= 4 is 11.9 Å². The number of nitrogens with two attached hydrogens (primary N) is 1. The molecule has 5 N–H and O–H groups in total. The summed E-state index contributed by atoms with van der Waals surface area (Å²) in [5.41, 5.74) is 11.7. The van der Waals surface area contributed by atoms with Gasteiger partial charge in [-0.15, -0.1) is 0 Å². The van der Waals surface area contributed by atoms with E-state index in [1.807, 2.05) is 31.1 Å². The fraction of sp³-hybridized carbons (Fsp3) is 0.378. The van der Waals surface area contributed by atoms with E-state index in [4.69, 9.17) is 5.73 Å². The molecular weight excluding hydrogens is 586 g/mol. The van der Waals surface area contributed by atoms with Gasteiger partial charge in [-0.3, -0.25) is 4.79 Å². The van der Waals surface area contributed by atoms with Crippen LogP contribution in [0.25, 0.3) is 33.6 Å². The minimum Gasteiger partial charge on any atom is -0.368 e. The molecule has 1 atom stereocenters. The van der Waals surface area contributed by atoms with Gasteiger partial charge in [-0.05, 0) is 60.0 Å². The number of likely N-dealkylation sites (tertiary alicyclic amines) is 1. The first kappa shape index (κ1) is 35.0. The van der Waals surface area contributed by atoms with Gasteiger partial charge in [-0.1, -0.05) is 83.1 Å². The summed E-state index contributed by atoms with van der Waals surface area (Å²) in [6.07, 6.45) is 10.7. The van der Waals surface area contributed by atoms with Crippen LogP contribution in [0.3, 0.4) is 0 Å². The zero-order valence-electron chi connectivity index (χ0n) is 28.3. The Balaban J connectivity index is 0.000000486. The molecule has 10 nitrogen and oxygen atoms in total. The van der Waals surface area contributed by atoms with Gasteiger partial charge >= 0.3 is 0 Å². The molecule has 6 rings (SSSR count). The summed E-state index contributed by atoms with van der Waals surface area (Å²) in [5, 5.41) is 3.38. The van der Waals surface area contributed by atoms with E-state index in [-0.39, 0.29) is 11.9 Å². The minimum absolute atomic E-state index is 0.0475. The number of aromatic nitrogens is 6. The maximum atomic E-state index is 12.7. The normalized spacial score (nSPS) is 13.9. The number of rotatable bonds is 10. The summed E-state index contributed by atoms with van der Waals surface area (Å²) in [6, 6.07) is 18.9. The van der Waals surface area contributed by atoms with Crippen molar-refractivity contribution < 1.29 is 4.79 Å². The van der Waals surface area contributed by atoms with Crippen molar-refractivity contribution in [2.45, 2.75) is 72.9 Å². The van der Waals surface area contributed by atoms with E-state index in [1.54, 1.807) is 18.5 Å². The Morgan fingerprint density at radius 2 is 1.47 bits per heavy atom. The average Bonchev–Trinajstić information content (AvgIpc) is 3.88. The van der Waals surface area contributed by atoms with E-state index in [1.165, 1.54) is 5.56 Å². The van der Waals surface area contributed by atoms with Crippen molar-refractivity contribution in [1.29, 1.82) is 0 Å². The summed E-state index contributed by atoms with van der Waals surface area (Å²) in [7, 11) is 0. The zero-order chi connectivity index (χ0) is 33.6. The number of nitrogens with zero attached hydrogens (tertiary/aromatic N) is 5. The van der Waals surface area contributed by atoms with Gasteiger partial charge in [0.05, 0.1) is 36.4 Å². The number of H-pyrrole nitrogens is 2. The summed E-state index contributed by atoms with van der Waals surface area (Å²) in [4.78, 5) is 38.1. The lowest BCUT2D eigenvalue weighted by atomic mass is 10.0. The molecule has 1 aliphatic heterocycles. The fourth-order valence-corrected chi connectivity index (χ4v) is 5.45. The van der Waals surface area contributed by atoms with Crippen molar-refractivity contribution in [2.24, 2.45) is 5.92 Å². The Hall–Kier alpha value is -4.83. The third-order valence-electron chi connectivity index (χ3n) is 7.73. The van der Waals surface area contributed by atoms with Crippen LogP contribution in [0.4, 0.5) is 5.95 Å². The van der Waals surface area contributed by atoms with Gasteiger partial charge in [-0.2, -0.15) is 0 Å². The second-order valence-electron chi connectivity index (χ2n) is 11.7. The predicted molar refractivity (Wildman–Crippen MR) is 190 cm³/mol. The highest BCUT2D eigenvalue weighted by Gasteiger charge is 2.32. The molecule has 2 aromatic carbocycles. The largest absolute Gasteiger partial charge is 0.368 e. The number of imidazole rings is 2. The van der Waals surface area contributed by atoms with Crippen molar-refractivity contribution in [2.75, 3.05) is 18.8 Å². The molecule has 0 bridgehead atoms. The van der Waals surface area contributed by atoms with Gasteiger partial charge in [0.25, 0.3) is 0 Å². The Labute approximate surface area is 278 Å². The minimum atomic E-state index is 0.0475. The number of hydrogen-bond donors (Lipinski definition) is 4. The van der Waals surface area contributed by atoms with Crippen LogP contribution < -0.4 is 11.1 Å². The first-order chi connectivity index (χ1) is 22.9. The van der Waals surface area contributed by atoms with Gasteiger partial charge in [0.1, 0.15) is 11.6 Å². The number of benzene rings is 2. The standard InChI is InChI=1S/C31H38N6O.C4H5N3.C2H6/c1-4-15-32-20-29-33-18-26(35-29)24-11-7-22(8-12-24)23-9-13-25(14-10-23)27-19-34-31(36-27)28-6-5-16-37(28)30(38)17-21(2)3;5-4-6-2-1-3-7-4;1-2/h7-14,18-19,21,28,32H,4-6,15-17,20H2,1-3H3,(H,33,35)(H,34,36);1-3H,(H2,5,6,7);1-2H3. The van der Waals surface area contributed by atoms with Crippen LogP contribution in [0.1, 0.15) is 78.0 Å². The molecule has 1 fully saturated rings. The molecule has 0 radical (unpaired) electrons. The maximum Gasteiger partial charge on any atom is 0.223 e. The summed E-state index contributed by atoms with van der Waals surface area (Å²) in [5.74, 6) is 2.76. The van der Waals surface area contributed by atoms with E-state index in [9.17, 15) is 4.79 Å². The van der Waals surface area contributed by atoms with E-state index < -0.39 is 0 Å². The number of nitrogen functional groups attached to an aromatic ring is 1. The highest BCUT2D eigenvalue weighted by molar-refractivity contribution is 5.77. The van der Waals surface area contributed by atoms with Crippen molar-refractivity contribution in [3.8, 4) is 33.6 Å². The lowest BCUT2D eigenvalue weighted by molar-refractivity contribution is -0.133. The van der Waals surface area contributed by atoms with Crippen LogP contribution >= 0.6 is 0 Å². The van der Waals surface area contributed by atoms with Crippen LogP contribution in [0, 0.1) is 5.92 Å². The molecule has 4 heterocycles. The molecule has 0 spiro atoms. The van der Waals surface area contributed by atoms with Crippen molar-refractivity contribution in [3.63, 3.8) is 0 Å². The van der Waals surface area contributed by atoms with E-state index in [0.29, 0.717) is 18.3 Å². The molecule has 0 aliphatic carbocycles. The smallest absolute Gasteiger partial charge is 0.223 e. The summed E-state index contributed by atoms with van der Waals surface area (Å²) in [6.45, 7) is 12.9. The predicted octanol–water partition coefficient (Wildman–Crippen LogP) is 7.43. The number of carbonyl (C=O) groups excluding carboxylic acids is 1. The van der Waals surface area contributed by atoms with Crippen LogP contribution in [-0.2, 0) is 11.3 Å². The third kappa shape index (κ3) is 9.83. The second kappa shape index (κ2) is 17.8. The van der Waals surface area contributed by atoms with Crippen LogP contribution in [0.2, 0.25) is 0 Å². The molecule has 1 aliphatic rings. The third-order valence-corrected chi connectivity index (χ3v) is 7.73. The average molecular weight is 636 g/mol. The Kier molecular flexibility index (Phi) is 13.2. The number of aromatic amines is 2. The Morgan fingerprint density at radius 1 is 0.894 bits per heavy atom. The van der Waals surface area contributed by atoms with Crippen LogP contribution in [-0.4, -0.2) is 53.8 Å². The summed E-state index contributed by atoms with van der Waals surface area (Å²) < 4.78 is 0. The first-order valence-electron chi connectivity index (χ1n) is 16.7. The molecule has 1 amide bonds. The Morgan fingerprint density at radius 3 is 2.02 bits per heavy atom. The van der Waals surface area contributed by atoms with E-state index >= 15 is 0 Å². The van der Waals surface area contributed by atoms with Gasteiger partial charge < -0.3 is 25.9 Å². The van der Waals surface area contributed by atoms with Gasteiger partial charge in [0, 0.05) is 25.4 Å². The topological polar surface area (TPSA) is 142 Å². The molecule has 47 heavy (non-hydrogen) atoms. The number of carbonyl (C=O) groups is 1. The monoisotopic (exact) mass is 635 g/mol. The lowest BCUT2D eigenvalue weighted by Crippen LogP contribution is -2.31. The van der Waals surface area contributed by atoms with Crippen molar-refractivity contribution in [1.82, 2.24) is 40.1 Å². The van der Waals surface area contributed by atoms with Crippen LogP contribution in [0.15, 0.2) is 79.4 Å². The highest BCUT2D eigenvalue weighted by Crippen LogP contribution is 2.33. The van der Waals surface area contributed by atoms with Gasteiger partial charge in [-0.25, -0.2) is 19.9 Å². The lowest BCUT2D eigenvalue weighted by Gasteiger charge is -2.24. The van der Waals surface area contributed by atoms with Crippen LogP contribution in [0.5, 0.6) is 0 Å². The molecule has 1 saturated heterocycles. The quantitative estimate of drug-likeness (QED) is 0.117. The molecule has 10 heteroatoms. The maximum absolute atomic E-state index is 12.7. The number of hydrogen-bond acceptors (Lipinski definition) is 7. The second-order valence-corrected chi connectivity index (χ2v) is 11.7. The molecule has 248 valence electrons. The molecule has 3 aromatic heterocycles. The molecular formula is C37H49N9O. The molecule has 5 aromatic rings. The SMILES string of the molecule is CC.CCCNCc1ncc(-c2ccc(-c3ccc(-c4cnc(C5CCCN5C(=O)CC(C)C)[nH]4)cc3)cc2)[nH]1.Nc1ncccn1. The molecule has 1 unspecified atom stereocenters. The number of amides is 1. The molecule has 0 saturated carbocycles. The zero-order valence-corrected chi connectivity index (χ0v) is 28.3. The fourth-order valence-electron chi connectivity index (χ4n) is 5.45.